The van der Waals surface area contributed by atoms with E-state index in [9.17, 15) is 31.9 Å². The fourth-order valence-corrected chi connectivity index (χ4v) is 9.58. The second kappa shape index (κ2) is 19.8. The monoisotopic (exact) mass is 929 g/mol. The Kier molecular flexibility index (Phi) is 13.5. The van der Waals surface area contributed by atoms with Crippen molar-refractivity contribution < 1.29 is 45.8 Å². The Bertz CT molecular complexity index is 2750. The standard InChI is InChI=1S/C46H48F5N11O5/c1-2-16-60-41-28(5-3-7-30(41)39(56-60)31-12-13-38(63)55-45(31)64)6-4-20-66-35-14-17-58(24-33(35)47)23-27-8-10-29(11-9-27)62-25-34(40(57-62)43(50)51)53-46(65)32-22-52-61-18-15-37(54-44(32)61)59-19-21-67-36(26-59)42(48)49/h1,3,5,7,15,18,22,25,27,29,31,33,35-36,42-43H,8-14,16-17,19-21,23-24,26H2,(H,53,65)(H,55,63,64)/t27?,29?,31?,33-,35+,36+/m0/s1. The molecule has 1 saturated carbocycles. The van der Waals surface area contributed by atoms with E-state index in [-0.39, 0.29) is 74.0 Å². The lowest BCUT2D eigenvalue weighted by molar-refractivity contribution is -0.134. The number of para-hydroxylation sites is 1. The van der Waals surface area contributed by atoms with E-state index in [0.29, 0.717) is 67.9 Å². The molecule has 1 aliphatic carbocycles. The fraction of sp³-hybridized carbons (Fsp3) is 0.500. The van der Waals surface area contributed by atoms with Gasteiger partial charge in [0.15, 0.2) is 11.3 Å². The predicted octanol–water partition coefficient (Wildman–Crippen LogP) is 5.30. The van der Waals surface area contributed by atoms with Crippen LogP contribution in [0.5, 0.6) is 0 Å². The van der Waals surface area contributed by atoms with Gasteiger partial charge in [-0.15, -0.1) is 6.42 Å². The Labute approximate surface area is 381 Å². The number of ether oxygens (including phenoxy) is 2. The van der Waals surface area contributed by atoms with Crippen LogP contribution in [0.25, 0.3) is 16.6 Å². The van der Waals surface area contributed by atoms with Gasteiger partial charge in [0, 0.05) is 50.4 Å². The number of piperidine rings is 2. The lowest BCUT2D eigenvalue weighted by Crippen LogP contribution is -2.47. The second-order valence-electron chi connectivity index (χ2n) is 17.3. The number of fused-ring (bicyclic) bond motifs is 2. The quantitative estimate of drug-likeness (QED) is 0.0948. The lowest BCUT2D eigenvalue weighted by atomic mass is 9.85. The van der Waals surface area contributed by atoms with Gasteiger partial charge in [-0.3, -0.25) is 34.0 Å². The zero-order valence-electron chi connectivity index (χ0n) is 36.3. The highest BCUT2D eigenvalue weighted by Crippen LogP contribution is 2.36. The van der Waals surface area contributed by atoms with Crippen LogP contribution in [-0.2, 0) is 25.6 Å². The number of terminal acetylenes is 1. The van der Waals surface area contributed by atoms with Gasteiger partial charge in [-0.2, -0.15) is 15.3 Å². The molecule has 5 aromatic rings. The highest BCUT2D eigenvalue weighted by molar-refractivity contribution is 6.08. The molecule has 352 valence electrons. The van der Waals surface area contributed by atoms with E-state index in [1.54, 1.807) is 21.8 Å². The van der Waals surface area contributed by atoms with Crippen molar-refractivity contribution in [3.05, 3.63) is 65.4 Å². The summed E-state index contributed by atoms with van der Waals surface area (Å²) < 4.78 is 86.4. The number of halogens is 5. The van der Waals surface area contributed by atoms with Gasteiger partial charge in [0.25, 0.3) is 18.8 Å². The van der Waals surface area contributed by atoms with Crippen LogP contribution in [0.3, 0.4) is 0 Å². The van der Waals surface area contributed by atoms with E-state index >= 15 is 4.39 Å². The first kappa shape index (κ1) is 45.7. The Morgan fingerprint density at radius 1 is 1.04 bits per heavy atom. The van der Waals surface area contributed by atoms with Crippen LogP contribution < -0.4 is 15.5 Å². The van der Waals surface area contributed by atoms with Crippen LogP contribution in [0.15, 0.2) is 42.9 Å². The fourth-order valence-electron chi connectivity index (χ4n) is 9.58. The third-order valence-electron chi connectivity index (χ3n) is 13.0. The number of benzene rings is 1. The first-order valence-corrected chi connectivity index (χ1v) is 22.3. The van der Waals surface area contributed by atoms with Crippen molar-refractivity contribution in [1.82, 2.24) is 44.4 Å². The van der Waals surface area contributed by atoms with Crippen LogP contribution in [0.4, 0.5) is 33.5 Å². The van der Waals surface area contributed by atoms with Crippen molar-refractivity contribution in [3.63, 3.8) is 0 Å². The number of rotatable bonds is 12. The zero-order valence-corrected chi connectivity index (χ0v) is 36.3. The van der Waals surface area contributed by atoms with Crippen molar-refractivity contribution in [2.24, 2.45) is 5.92 Å². The van der Waals surface area contributed by atoms with Crippen LogP contribution >= 0.6 is 0 Å². The van der Waals surface area contributed by atoms with Crippen LogP contribution in [0.1, 0.15) is 90.6 Å². The van der Waals surface area contributed by atoms with E-state index < -0.39 is 54.7 Å². The Morgan fingerprint density at radius 2 is 1.88 bits per heavy atom. The normalized spacial score (nSPS) is 23.9. The number of carbonyl (C=O) groups excluding carboxylic acids is 3. The van der Waals surface area contributed by atoms with Gasteiger partial charge in [-0.25, -0.2) is 31.5 Å². The molecule has 3 aliphatic heterocycles. The van der Waals surface area contributed by atoms with Gasteiger partial charge in [-0.05, 0) is 56.6 Å². The van der Waals surface area contributed by atoms with Gasteiger partial charge in [0.1, 0.15) is 36.8 Å². The van der Waals surface area contributed by atoms with Gasteiger partial charge in [0.05, 0.1) is 59.9 Å². The van der Waals surface area contributed by atoms with E-state index in [1.807, 2.05) is 18.2 Å². The van der Waals surface area contributed by atoms with E-state index in [0.717, 1.165) is 18.2 Å². The molecule has 9 rings (SSSR count). The zero-order chi connectivity index (χ0) is 46.8. The highest BCUT2D eigenvalue weighted by atomic mass is 19.3. The topological polar surface area (TPSA) is 166 Å². The average Bonchev–Trinajstić information content (AvgIpc) is 4.05. The summed E-state index contributed by atoms with van der Waals surface area (Å²) in [5, 5.41) is 18.7. The average molecular weight is 930 g/mol. The molecule has 16 nitrogen and oxygen atoms in total. The molecule has 4 aliphatic rings. The van der Waals surface area contributed by atoms with Crippen LogP contribution in [0.2, 0.25) is 0 Å². The smallest absolute Gasteiger partial charge is 0.284 e. The molecule has 7 heterocycles. The summed E-state index contributed by atoms with van der Waals surface area (Å²) >= 11 is 0. The van der Waals surface area contributed by atoms with Gasteiger partial charge in [-0.1, -0.05) is 29.9 Å². The molecule has 21 heteroatoms. The SMILES string of the molecule is C#CCn1nc(C2CCC(=O)NC2=O)c2cccc(C#CCO[C@@H]3CCN(CC4CCC(n5cc(NC(=O)c6cnn7ccc(N8CCO[C@@H](C(F)F)C8)nc67)c(C(F)F)n5)CC4)C[C@@H]3F)c21. The molecule has 4 aromatic heterocycles. The van der Waals surface area contributed by atoms with E-state index in [4.69, 9.17) is 15.9 Å². The maximum Gasteiger partial charge on any atom is 0.284 e. The number of anilines is 2. The van der Waals surface area contributed by atoms with Gasteiger partial charge in [0.2, 0.25) is 11.8 Å². The number of hydrogen-bond acceptors (Lipinski definition) is 11. The molecule has 0 spiro atoms. The van der Waals surface area contributed by atoms with E-state index in [2.05, 4.69) is 53.6 Å². The molecule has 3 saturated heterocycles. The maximum atomic E-state index is 15.5. The molecule has 1 aromatic carbocycles. The number of alkyl halides is 5. The van der Waals surface area contributed by atoms with Crippen molar-refractivity contribution in [1.29, 1.82) is 0 Å². The first-order valence-electron chi connectivity index (χ1n) is 22.3. The third kappa shape index (κ3) is 9.85. The molecule has 3 amide bonds. The molecular formula is C46H48F5N11O5. The summed E-state index contributed by atoms with van der Waals surface area (Å²) in [7, 11) is 0. The lowest BCUT2D eigenvalue weighted by Gasteiger charge is -2.38. The Morgan fingerprint density at radius 3 is 2.64 bits per heavy atom. The third-order valence-corrected chi connectivity index (χ3v) is 13.0. The van der Waals surface area contributed by atoms with Crippen LogP contribution in [-0.4, -0.2) is 128 Å². The van der Waals surface area contributed by atoms with Crippen LogP contribution in [0, 0.1) is 30.1 Å². The molecule has 0 radical (unpaired) electrons. The summed E-state index contributed by atoms with van der Waals surface area (Å²) in [6.45, 7) is 1.99. The molecule has 1 unspecified atom stereocenters. The minimum atomic E-state index is -2.97. The summed E-state index contributed by atoms with van der Waals surface area (Å²) in [4.78, 5) is 46.2. The number of carbonyl (C=O) groups is 3. The molecule has 67 heavy (non-hydrogen) atoms. The molecule has 4 fully saturated rings. The molecular weight excluding hydrogens is 882 g/mol. The van der Waals surface area contributed by atoms with Crippen molar-refractivity contribution >= 4 is 45.8 Å². The number of morpholine rings is 1. The number of aromatic nitrogens is 7. The predicted molar refractivity (Wildman–Crippen MR) is 233 cm³/mol. The largest absolute Gasteiger partial charge is 0.369 e. The number of amides is 3. The van der Waals surface area contributed by atoms with Gasteiger partial charge >= 0.3 is 0 Å². The Balaban J connectivity index is 0.764. The number of imide groups is 1. The van der Waals surface area contributed by atoms with Crippen molar-refractivity contribution in [2.75, 3.05) is 56.2 Å². The van der Waals surface area contributed by atoms with Crippen molar-refractivity contribution in [2.45, 2.75) is 94.7 Å². The number of likely N-dealkylation sites (tertiary alicyclic amines) is 1. The number of hydrogen-bond donors (Lipinski definition) is 2. The summed E-state index contributed by atoms with van der Waals surface area (Å²) in [5.41, 5.74) is 1.27. The minimum Gasteiger partial charge on any atom is -0.369 e. The molecule has 2 N–H and O–H groups in total. The number of nitrogens with one attached hydrogen (secondary N) is 2. The first-order chi connectivity index (χ1) is 32.4. The highest BCUT2D eigenvalue weighted by Gasteiger charge is 2.35. The van der Waals surface area contributed by atoms with E-state index in [1.165, 1.54) is 21.6 Å². The molecule has 0 bridgehead atoms. The summed E-state index contributed by atoms with van der Waals surface area (Å²) in [6.07, 6.45) is 4.99. The minimum absolute atomic E-state index is 0.00259. The second-order valence-corrected chi connectivity index (χ2v) is 17.3. The number of nitrogens with zero attached hydrogens (tertiary/aromatic N) is 9. The molecule has 4 atom stereocenters. The summed E-state index contributed by atoms with van der Waals surface area (Å²) in [5.74, 6) is 7.30. The van der Waals surface area contributed by atoms with Gasteiger partial charge < -0.3 is 19.7 Å². The van der Waals surface area contributed by atoms with Crippen molar-refractivity contribution in [3.8, 4) is 24.2 Å². The summed E-state index contributed by atoms with van der Waals surface area (Å²) in [6, 6.07) is 6.89. The maximum absolute atomic E-state index is 15.5. The Hall–Kier alpha value is -6.42.